The van der Waals surface area contributed by atoms with Crippen molar-refractivity contribution in [3.63, 3.8) is 0 Å². The summed E-state index contributed by atoms with van der Waals surface area (Å²) >= 11 is 8.60. The molecule has 0 aliphatic heterocycles. The Morgan fingerprint density at radius 1 is 0.952 bits per heavy atom. The van der Waals surface area contributed by atoms with Gasteiger partial charge < -0.3 is 5.32 Å². The van der Waals surface area contributed by atoms with Gasteiger partial charge in [-0.05, 0) is 78.0 Å². The van der Waals surface area contributed by atoms with Gasteiger partial charge in [-0.25, -0.2) is 0 Å². The second-order valence-electron chi connectivity index (χ2n) is 5.73. The highest BCUT2D eigenvalue weighted by atomic mass is 127. The van der Waals surface area contributed by atoms with Crippen LogP contribution in [0, 0.1) is 3.57 Å². The van der Waals surface area contributed by atoms with Crippen LogP contribution in [0.25, 0.3) is 0 Å². The van der Waals surface area contributed by atoms with Crippen molar-refractivity contribution in [3.8, 4) is 0 Å². The number of rotatable bonds is 3. The van der Waals surface area contributed by atoms with Crippen molar-refractivity contribution in [2.24, 2.45) is 0 Å². The van der Waals surface area contributed by atoms with E-state index in [0.29, 0.717) is 6.04 Å². The van der Waals surface area contributed by atoms with Gasteiger partial charge in [0.05, 0.1) is 10.7 Å². The molecule has 1 nitrogen and oxygen atoms in total. The van der Waals surface area contributed by atoms with E-state index in [0.717, 1.165) is 16.6 Å². The van der Waals surface area contributed by atoms with Gasteiger partial charge in [-0.2, -0.15) is 0 Å². The van der Waals surface area contributed by atoms with E-state index >= 15 is 0 Å². The SMILES string of the molecule is Clc1cc(I)ccc1NC1CCC(c2ccccc2)CC1. The fourth-order valence-electron chi connectivity index (χ4n) is 3.12. The van der Waals surface area contributed by atoms with Gasteiger partial charge in [0.2, 0.25) is 0 Å². The average Bonchev–Trinajstić information content (AvgIpc) is 2.52. The molecule has 1 aliphatic rings. The molecule has 0 bridgehead atoms. The smallest absolute Gasteiger partial charge is 0.0648 e. The Morgan fingerprint density at radius 2 is 1.67 bits per heavy atom. The van der Waals surface area contributed by atoms with Gasteiger partial charge in [-0.15, -0.1) is 0 Å². The van der Waals surface area contributed by atoms with E-state index in [4.69, 9.17) is 11.6 Å². The second kappa shape index (κ2) is 7.01. The van der Waals surface area contributed by atoms with Crippen molar-refractivity contribution in [3.05, 3.63) is 62.7 Å². The maximum absolute atomic E-state index is 6.31. The van der Waals surface area contributed by atoms with Crippen LogP contribution in [0.5, 0.6) is 0 Å². The van der Waals surface area contributed by atoms with Crippen molar-refractivity contribution in [2.45, 2.75) is 37.6 Å². The Balaban J connectivity index is 1.59. The predicted molar refractivity (Wildman–Crippen MR) is 99.2 cm³/mol. The third-order valence-corrected chi connectivity index (χ3v) is 5.27. The van der Waals surface area contributed by atoms with Gasteiger partial charge in [0.15, 0.2) is 0 Å². The van der Waals surface area contributed by atoms with E-state index in [1.54, 1.807) is 0 Å². The number of hydrogen-bond donors (Lipinski definition) is 1. The van der Waals surface area contributed by atoms with Crippen LogP contribution in [-0.2, 0) is 0 Å². The highest BCUT2D eigenvalue weighted by molar-refractivity contribution is 14.1. The number of benzene rings is 2. The van der Waals surface area contributed by atoms with Crippen molar-refractivity contribution in [2.75, 3.05) is 5.32 Å². The van der Waals surface area contributed by atoms with Gasteiger partial charge in [-0.3, -0.25) is 0 Å². The quantitative estimate of drug-likeness (QED) is 0.603. The van der Waals surface area contributed by atoms with E-state index in [-0.39, 0.29) is 0 Å². The van der Waals surface area contributed by atoms with Crippen LogP contribution in [0.4, 0.5) is 5.69 Å². The summed E-state index contributed by atoms with van der Waals surface area (Å²) in [6.07, 6.45) is 4.93. The topological polar surface area (TPSA) is 12.0 Å². The lowest BCUT2D eigenvalue weighted by Gasteiger charge is -2.30. The van der Waals surface area contributed by atoms with E-state index in [1.807, 2.05) is 6.07 Å². The maximum Gasteiger partial charge on any atom is 0.0648 e. The standard InChI is InChI=1S/C18H19ClIN/c19-17-12-15(20)8-11-18(17)21-16-9-6-14(7-10-16)13-4-2-1-3-5-13/h1-5,8,11-12,14,16,21H,6-7,9-10H2. The summed E-state index contributed by atoms with van der Waals surface area (Å²) in [6, 6.07) is 17.6. The summed E-state index contributed by atoms with van der Waals surface area (Å²) in [5.74, 6) is 0.719. The zero-order valence-corrected chi connectivity index (χ0v) is 14.8. The first kappa shape index (κ1) is 15.2. The summed E-state index contributed by atoms with van der Waals surface area (Å²) in [7, 11) is 0. The molecular formula is C18H19ClIN. The van der Waals surface area contributed by atoms with Crippen LogP contribution in [-0.4, -0.2) is 6.04 Å². The Morgan fingerprint density at radius 3 is 2.33 bits per heavy atom. The van der Waals surface area contributed by atoms with Crippen LogP contribution in [0.1, 0.15) is 37.2 Å². The molecule has 0 aromatic heterocycles. The summed E-state index contributed by atoms with van der Waals surface area (Å²) in [5.41, 5.74) is 2.56. The van der Waals surface area contributed by atoms with Gasteiger partial charge in [0.1, 0.15) is 0 Å². The van der Waals surface area contributed by atoms with E-state index in [1.165, 1.54) is 34.8 Å². The highest BCUT2D eigenvalue weighted by Gasteiger charge is 2.22. The minimum atomic E-state index is 0.544. The molecule has 0 spiro atoms. The molecular weight excluding hydrogens is 393 g/mol. The molecule has 1 aliphatic carbocycles. The van der Waals surface area contributed by atoms with Crippen molar-refractivity contribution >= 4 is 39.9 Å². The molecule has 1 fully saturated rings. The number of hydrogen-bond acceptors (Lipinski definition) is 1. The van der Waals surface area contributed by atoms with E-state index in [2.05, 4.69) is 70.4 Å². The molecule has 110 valence electrons. The minimum absolute atomic E-state index is 0.544. The normalized spacial score (nSPS) is 22.0. The van der Waals surface area contributed by atoms with Crippen molar-refractivity contribution in [1.82, 2.24) is 0 Å². The van der Waals surface area contributed by atoms with Gasteiger partial charge >= 0.3 is 0 Å². The predicted octanol–water partition coefficient (Wildman–Crippen LogP) is 6.08. The zero-order chi connectivity index (χ0) is 14.7. The summed E-state index contributed by atoms with van der Waals surface area (Å²) in [5, 5.41) is 4.44. The molecule has 0 radical (unpaired) electrons. The minimum Gasteiger partial charge on any atom is -0.381 e. The van der Waals surface area contributed by atoms with Crippen molar-refractivity contribution in [1.29, 1.82) is 0 Å². The number of anilines is 1. The second-order valence-corrected chi connectivity index (χ2v) is 7.38. The first-order valence-electron chi connectivity index (χ1n) is 7.49. The molecule has 21 heavy (non-hydrogen) atoms. The lowest BCUT2D eigenvalue weighted by Crippen LogP contribution is -2.25. The Bertz CT molecular complexity index is 591. The summed E-state index contributed by atoms with van der Waals surface area (Å²) < 4.78 is 1.18. The van der Waals surface area contributed by atoms with Gasteiger partial charge in [-0.1, -0.05) is 41.9 Å². The first-order chi connectivity index (χ1) is 10.2. The van der Waals surface area contributed by atoms with Crippen LogP contribution in [0.2, 0.25) is 5.02 Å². The molecule has 0 saturated heterocycles. The number of nitrogens with one attached hydrogen (secondary N) is 1. The summed E-state index contributed by atoms with van der Waals surface area (Å²) in [4.78, 5) is 0. The third kappa shape index (κ3) is 3.92. The largest absolute Gasteiger partial charge is 0.381 e. The molecule has 3 rings (SSSR count). The third-order valence-electron chi connectivity index (χ3n) is 4.29. The zero-order valence-electron chi connectivity index (χ0n) is 11.9. The molecule has 0 atom stereocenters. The average molecular weight is 412 g/mol. The molecule has 2 aromatic carbocycles. The van der Waals surface area contributed by atoms with Crippen molar-refractivity contribution < 1.29 is 0 Å². The van der Waals surface area contributed by atoms with Crippen LogP contribution < -0.4 is 5.32 Å². The highest BCUT2D eigenvalue weighted by Crippen LogP contribution is 2.35. The molecule has 3 heteroatoms. The van der Waals surface area contributed by atoms with E-state index in [9.17, 15) is 0 Å². The molecule has 1 saturated carbocycles. The lowest BCUT2D eigenvalue weighted by atomic mass is 9.82. The monoisotopic (exact) mass is 411 g/mol. The summed E-state index contributed by atoms with van der Waals surface area (Å²) in [6.45, 7) is 0. The maximum atomic E-state index is 6.31. The first-order valence-corrected chi connectivity index (χ1v) is 8.94. The fourth-order valence-corrected chi connectivity index (χ4v) is 4.03. The van der Waals surface area contributed by atoms with Crippen LogP contribution >= 0.6 is 34.2 Å². The fraction of sp³-hybridized carbons (Fsp3) is 0.333. The Kier molecular flexibility index (Phi) is 5.07. The molecule has 2 aromatic rings. The lowest BCUT2D eigenvalue weighted by molar-refractivity contribution is 0.412. The Hall–Kier alpha value is -0.740. The van der Waals surface area contributed by atoms with Gasteiger partial charge in [0.25, 0.3) is 0 Å². The van der Waals surface area contributed by atoms with E-state index < -0.39 is 0 Å². The number of halogens is 2. The molecule has 0 amide bonds. The molecule has 1 N–H and O–H groups in total. The van der Waals surface area contributed by atoms with Crippen LogP contribution in [0.3, 0.4) is 0 Å². The van der Waals surface area contributed by atoms with Crippen LogP contribution in [0.15, 0.2) is 48.5 Å². The Labute approximate surface area is 145 Å². The molecule has 0 unspecified atom stereocenters. The van der Waals surface area contributed by atoms with Gasteiger partial charge in [0, 0.05) is 9.61 Å². The molecule has 0 heterocycles.